The SMILES string of the molecule is Nc1ccc(C(=O)OC[C@@H]2CCCN3CCCC[C@@H]23)cc1. The van der Waals surface area contributed by atoms with Crippen LogP contribution in [0.1, 0.15) is 42.5 Å². The molecule has 3 rings (SSSR count). The highest BCUT2D eigenvalue weighted by molar-refractivity contribution is 5.89. The topological polar surface area (TPSA) is 55.6 Å². The molecular formula is C17H24N2O2. The molecule has 114 valence electrons. The van der Waals surface area contributed by atoms with Gasteiger partial charge in [-0.25, -0.2) is 4.79 Å². The fraction of sp³-hybridized carbons (Fsp3) is 0.588. The first-order chi connectivity index (χ1) is 10.2. The molecule has 2 aliphatic heterocycles. The largest absolute Gasteiger partial charge is 0.462 e. The summed E-state index contributed by atoms with van der Waals surface area (Å²) in [4.78, 5) is 14.7. The summed E-state index contributed by atoms with van der Waals surface area (Å²) in [5.74, 6) is 0.264. The molecule has 4 heteroatoms. The van der Waals surface area contributed by atoms with Crippen molar-refractivity contribution < 1.29 is 9.53 Å². The van der Waals surface area contributed by atoms with Crippen LogP contribution >= 0.6 is 0 Å². The molecule has 0 amide bonds. The summed E-state index contributed by atoms with van der Waals surface area (Å²) in [6, 6.07) is 7.54. The second kappa shape index (κ2) is 6.48. The summed E-state index contributed by atoms with van der Waals surface area (Å²) in [6.45, 7) is 2.98. The van der Waals surface area contributed by atoms with Crippen molar-refractivity contribution in [2.24, 2.45) is 5.92 Å². The van der Waals surface area contributed by atoms with E-state index in [1.165, 1.54) is 45.2 Å². The minimum absolute atomic E-state index is 0.233. The Labute approximate surface area is 126 Å². The lowest BCUT2D eigenvalue weighted by Gasteiger charge is -2.44. The number of anilines is 1. The Kier molecular flexibility index (Phi) is 4.44. The fourth-order valence-corrected chi connectivity index (χ4v) is 3.66. The van der Waals surface area contributed by atoms with Gasteiger partial charge in [-0.1, -0.05) is 6.42 Å². The van der Waals surface area contributed by atoms with Crippen LogP contribution in [-0.2, 0) is 4.74 Å². The smallest absolute Gasteiger partial charge is 0.338 e. The van der Waals surface area contributed by atoms with Gasteiger partial charge >= 0.3 is 5.97 Å². The van der Waals surface area contributed by atoms with E-state index in [-0.39, 0.29) is 5.97 Å². The first-order valence-corrected chi connectivity index (χ1v) is 8.01. The van der Waals surface area contributed by atoms with E-state index in [0.717, 1.165) is 0 Å². The highest BCUT2D eigenvalue weighted by Gasteiger charge is 2.33. The number of nitrogens with zero attached hydrogens (tertiary/aromatic N) is 1. The predicted molar refractivity (Wildman–Crippen MR) is 83.1 cm³/mol. The third-order valence-electron chi connectivity index (χ3n) is 4.80. The highest BCUT2D eigenvalue weighted by atomic mass is 16.5. The number of fused-ring (bicyclic) bond motifs is 1. The molecule has 0 unspecified atom stereocenters. The first kappa shape index (κ1) is 14.4. The predicted octanol–water partition coefficient (Wildman–Crippen LogP) is 2.69. The molecule has 4 nitrogen and oxygen atoms in total. The molecule has 2 aliphatic rings. The van der Waals surface area contributed by atoms with Crippen LogP contribution in [0.5, 0.6) is 0 Å². The minimum atomic E-state index is -0.233. The monoisotopic (exact) mass is 288 g/mol. The van der Waals surface area contributed by atoms with Gasteiger partial charge in [0.2, 0.25) is 0 Å². The van der Waals surface area contributed by atoms with E-state index in [4.69, 9.17) is 10.5 Å². The number of rotatable bonds is 3. The van der Waals surface area contributed by atoms with E-state index in [1.54, 1.807) is 24.3 Å². The Morgan fingerprint density at radius 2 is 1.90 bits per heavy atom. The van der Waals surface area contributed by atoms with E-state index in [9.17, 15) is 4.79 Å². The van der Waals surface area contributed by atoms with Gasteiger partial charge in [-0.2, -0.15) is 0 Å². The van der Waals surface area contributed by atoms with Crippen molar-refractivity contribution in [1.29, 1.82) is 0 Å². The number of esters is 1. The Bertz CT molecular complexity index is 484. The average Bonchev–Trinajstić information content (AvgIpc) is 2.53. The number of benzene rings is 1. The molecule has 2 N–H and O–H groups in total. The van der Waals surface area contributed by atoms with Crippen LogP contribution in [0.3, 0.4) is 0 Å². The summed E-state index contributed by atoms with van der Waals surface area (Å²) in [5, 5.41) is 0. The zero-order valence-corrected chi connectivity index (χ0v) is 12.5. The molecule has 0 spiro atoms. The number of hydrogen-bond donors (Lipinski definition) is 1. The molecule has 21 heavy (non-hydrogen) atoms. The van der Waals surface area contributed by atoms with Crippen LogP contribution in [0.4, 0.5) is 5.69 Å². The third kappa shape index (κ3) is 3.38. The zero-order valence-electron chi connectivity index (χ0n) is 12.5. The van der Waals surface area contributed by atoms with Crippen molar-refractivity contribution in [3.05, 3.63) is 29.8 Å². The quantitative estimate of drug-likeness (QED) is 0.686. The van der Waals surface area contributed by atoms with E-state index in [2.05, 4.69) is 4.90 Å². The first-order valence-electron chi connectivity index (χ1n) is 8.01. The molecule has 0 bridgehead atoms. The molecule has 1 aromatic rings. The molecule has 2 saturated heterocycles. The van der Waals surface area contributed by atoms with E-state index in [0.29, 0.717) is 29.8 Å². The van der Waals surface area contributed by atoms with Crippen LogP contribution in [0.25, 0.3) is 0 Å². The second-order valence-corrected chi connectivity index (χ2v) is 6.22. The molecular weight excluding hydrogens is 264 g/mol. The molecule has 2 atom stereocenters. The fourth-order valence-electron chi connectivity index (χ4n) is 3.66. The number of ether oxygens (including phenoxy) is 1. The number of piperidine rings is 2. The normalized spacial score (nSPS) is 26.1. The number of nitrogens with two attached hydrogens (primary N) is 1. The Morgan fingerprint density at radius 1 is 1.14 bits per heavy atom. The van der Waals surface area contributed by atoms with Crippen molar-refractivity contribution in [2.45, 2.75) is 38.1 Å². The molecule has 0 aliphatic carbocycles. The van der Waals surface area contributed by atoms with Gasteiger partial charge < -0.3 is 10.5 Å². The van der Waals surface area contributed by atoms with Crippen LogP contribution in [0, 0.1) is 5.92 Å². The molecule has 0 aromatic heterocycles. The highest BCUT2D eigenvalue weighted by Crippen LogP contribution is 2.31. The number of carbonyl (C=O) groups is 1. The summed E-state index contributed by atoms with van der Waals surface area (Å²) in [5.41, 5.74) is 6.88. The zero-order chi connectivity index (χ0) is 14.7. The van der Waals surface area contributed by atoms with Crippen molar-refractivity contribution in [1.82, 2.24) is 4.90 Å². The maximum absolute atomic E-state index is 12.1. The lowest BCUT2D eigenvalue weighted by molar-refractivity contribution is 0.00739. The Hall–Kier alpha value is -1.55. The standard InChI is InChI=1S/C17H24N2O2/c18-15-8-6-13(7-9-15)17(20)21-12-14-4-3-11-19-10-2-1-5-16(14)19/h6-9,14,16H,1-5,10-12,18H2/t14-,16-/m0/s1. The van der Waals surface area contributed by atoms with Gasteiger partial charge in [0.1, 0.15) is 0 Å². The lowest BCUT2D eigenvalue weighted by atomic mass is 9.84. The molecule has 0 saturated carbocycles. The summed E-state index contributed by atoms with van der Waals surface area (Å²) < 4.78 is 5.55. The van der Waals surface area contributed by atoms with Crippen LogP contribution in [-0.4, -0.2) is 36.6 Å². The molecule has 1 aromatic carbocycles. The van der Waals surface area contributed by atoms with Gasteiger partial charge in [-0.3, -0.25) is 4.90 Å². The van der Waals surface area contributed by atoms with Gasteiger partial charge in [0.05, 0.1) is 12.2 Å². The second-order valence-electron chi connectivity index (χ2n) is 6.22. The maximum Gasteiger partial charge on any atom is 0.338 e. The number of nitrogen functional groups attached to an aromatic ring is 1. The molecule has 2 fully saturated rings. The van der Waals surface area contributed by atoms with Crippen LogP contribution in [0.2, 0.25) is 0 Å². The van der Waals surface area contributed by atoms with Crippen molar-refractivity contribution in [2.75, 3.05) is 25.4 Å². The minimum Gasteiger partial charge on any atom is -0.462 e. The summed E-state index contributed by atoms with van der Waals surface area (Å²) >= 11 is 0. The lowest BCUT2D eigenvalue weighted by Crippen LogP contribution is -2.49. The van der Waals surface area contributed by atoms with Crippen molar-refractivity contribution in [3.8, 4) is 0 Å². The maximum atomic E-state index is 12.1. The average molecular weight is 288 g/mol. The molecule has 0 radical (unpaired) electrons. The summed E-state index contributed by atoms with van der Waals surface area (Å²) in [6.07, 6.45) is 6.28. The third-order valence-corrected chi connectivity index (χ3v) is 4.80. The molecule has 2 heterocycles. The van der Waals surface area contributed by atoms with Gasteiger partial charge in [0.25, 0.3) is 0 Å². The van der Waals surface area contributed by atoms with Gasteiger partial charge in [0.15, 0.2) is 0 Å². The van der Waals surface area contributed by atoms with Crippen LogP contribution < -0.4 is 5.73 Å². The van der Waals surface area contributed by atoms with E-state index in [1.807, 2.05) is 0 Å². The van der Waals surface area contributed by atoms with Crippen LogP contribution in [0.15, 0.2) is 24.3 Å². The number of carbonyl (C=O) groups excluding carboxylic acids is 1. The van der Waals surface area contributed by atoms with E-state index >= 15 is 0 Å². The van der Waals surface area contributed by atoms with E-state index < -0.39 is 0 Å². The number of hydrogen-bond acceptors (Lipinski definition) is 4. The summed E-state index contributed by atoms with van der Waals surface area (Å²) in [7, 11) is 0. The Balaban J connectivity index is 1.56. The Morgan fingerprint density at radius 3 is 2.71 bits per heavy atom. The van der Waals surface area contributed by atoms with Crippen molar-refractivity contribution >= 4 is 11.7 Å². The van der Waals surface area contributed by atoms with Crippen molar-refractivity contribution in [3.63, 3.8) is 0 Å². The van der Waals surface area contributed by atoms with Gasteiger partial charge in [-0.15, -0.1) is 0 Å². The van der Waals surface area contributed by atoms with Gasteiger partial charge in [0, 0.05) is 17.6 Å². The van der Waals surface area contributed by atoms with Gasteiger partial charge in [-0.05, 0) is 63.0 Å².